The summed E-state index contributed by atoms with van der Waals surface area (Å²) in [5.74, 6) is -1.00. The molecule has 0 aliphatic carbocycles. The Morgan fingerprint density at radius 2 is 1.90 bits per heavy atom. The van der Waals surface area contributed by atoms with Gasteiger partial charge in [-0.25, -0.2) is 14.3 Å². The second-order valence-corrected chi connectivity index (χ2v) is 7.62. The Morgan fingerprint density at radius 3 is 2.60 bits per heavy atom. The molecule has 2 heterocycles. The van der Waals surface area contributed by atoms with Gasteiger partial charge in [-0.05, 0) is 53.8 Å². The number of rotatable bonds is 6. The highest BCUT2D eigenvalue weighted by Crippen LogP contribution is 2.27. The van der Waals surface area contributed by atoms with Crippen molar-refractivity contribution in [1.29, 1.82) is 0 Å². The number of thiazole rings is 1. The van der Waals surface area contributed by atoms with E-state index in [9.17, 15) is 9.90 Å². The average Bonchev–Trinajstić information content (AvgIpc) is 3.05. The fourth-order valence-electron chi connectivity index (χ4n) is 2.94. The summed E-state index contributed by atoms with van der Waals surface area (Å²) in [7, 11) is 3.73. The van der Waals surface area contributed by atoms with Gasteiger partial charge >= 0.3 is 16.7 Å². The van der Waals surface area contributed by atoms with Gasteiger partial charge in [0.1, 0.15) is 11.2 Å². The molecule has 0 unspecified atom stereocenters. The molecule has 0 atom stereocenters. The molecule has 0 amide bonds. The maximum absolute atomic E-state index is 11.2. The van der Waals surface area contributed by atoms with Crippen molar-refractivity contribution in [3.05, 3.63) is 48.0 Å². The van der Waals surface area contributed by atoms with Gasteiger partial charge in [0.25, 0.3) is 0 Å². The Bertz CT molecular complexity index is 1270. The van der Waals surface area contributed by atoms with Crippen LogP contribution in [0.3, 0.4) is 0 Å². The molecular formula is C20H19N6O3S+. The van der Waals surface area contributed by atoms with Crippen LogP contribution in [0.5, 0.6) is 0 Å². The summed E-state index contributed by atoms with van der Waals surface area (Å²) in [4.78, 5) is 23.0. The Labute approximate surface area is 175 Å². The summed E-state index contributed by atoms with van der Waals surface area (Å²) in [6.45, 7) is 0.649. The third-order valence-corrected chi connectivity index (χ3v) is 5.64. The molecule has 4 aromatic rings. The van der Waals surface area contributed by atoms with E-state index in [-0.39, 0.29) is 12.2 Å². The molecule has 4 rings (SSSR count). The first-order valence-corrected chi connectivity index (χ1v) is 9.95. The van der Waals surface area contributed by atoms with Crippen LogP contribution in [0.25, 0.3) is 21.5 Å². The molecule has 10 heteroatoms. The zero-order valence-corrected chi connectivity index (χ0v) is 17.2. The maximum Gasteiger partial charge on any atom is 0.347 e. The van der Waals surface area contributed by atoms with Gasteiger partial charge in [0.15, 0.2) is 10.3 Å². The predicted octanol–water partition coefficient (Wildman–Crippen LogP) is 3.21. The van der Waals surface area contributed by atoms with Crippen LogP contribution < -0.4 is 9.47 Å². The molecule has 0 spiro atoms. The Hall–Kier alpha value is -3.50. The first kappa shape index (κ1) is 19.8. The molecule has 30 heavy (non-hydrogen) atoms. The molecule has 2 aromatic heterocycles. The number of likely N-dealkylation sites (N-methyl/N-ethyl adjacent to an activating group) is 1. The molecule has 0 radical (unpaired) electrons. The number of hydrogen-bond donors (Lipinski definition) is 2. The first-order chi connectivity index (χ1) is 14.5. The summed E-state index contributed by atoms with van der Waals surface area (Å²) in [6.07, 6.45) is 0. The molecule has 9 nitrogen and oxygen atoms in total. The number of aromatic carboxylic acids is 1. The highest BCUT2D eigenvalue weighted by molar-refractivity contribution is 7.20. The van der Waals surface area contributed by atoms with E-state index in [4.69, 9.17) is 5.11 Å². The summed E-state index contributed by atoms with van der Waals surface area (Å²) in [5.41, 5.74) is 3.61. The van der Waals surface area contributed by atoms with Crippen molar-refractivity contribution in [1.82, 2.24) is 9.97 Å². The second-order valence-electron chi connectivity index (χ2n) is 6.67. The van der Waals surface area contributed by atoms with E-state index in [1.165, 1.54) is 23.5 Å². The first-order valence-electron chi connectivity index (χ1n) is 9.13. The van der Waals surface area contributed by atoms with Gasteiger partial charge in [0.2, 0.25) is 0 Å². The van der Waals surface area contributed by atoms with Crippen molar-refractivity contribution >= 4 is 55.3 Å². The van der Waals surface area contributed by atoms with Crippen LogP contribution in [-0.4, -0.2) is 46.3 Å². The van der Waals surface area contributed by atoms with Crippen LogP contribution in [0.2, 0.25) is 0 Å². The van der Waals surface area contributed by atoms with E-state index in [1.54, 1.807) is 10.6 Å². The van der Waals surface area contributed by atoms with E-state index in [0.717, 1.165) is 5.69 Å². The number of aliphatic hydroxyl groups excluding tert-OH is 1. The predicted molar refractivity (Wildman–Crippen MR) is 114 cm³/mol. The van der Waals surface area contributed by atoms with E-state index in [2.05, 4.69) is 20.2 Å². The number of azo groups is 1. The number of carbonyl (C=O) groups is 1. The fourth-order valence-corrected chi connectivity index (χ4v) is 3.83. The topological polar surface area (TPSA) is 115 Å². The fraction of sp³-hybridized carbons (Fsp3) is 0.200. The molecule has 2 aromatic carbocycles. The van der Waals surface area contributed by atoms with Crippen LogP contribution in [0.15, 0.2) is 52.7 Å². The number of aryl methyl sites for hydroxylation is 1. The smallest absolute Gasteiger partial charge is 0.347 e. The van der Waals surface area contributed by atoms with Gasteiger partial charge in [0, 0.05) is 24.4 Å². The largest absolute Gasteiger partial charge is 0.478 e. The monoisotopic (exact) mass is 423 g/mol. The lowest BCUT2D eigenvalue weighted by Crippen LogP contribution is -2.26. The second kappa shape index (κ2) is 8.09. The highest BCUT2D eigenvalue weighted by Gasteiger charge is 2.19. The van der Waals surface area contributed by atoms with Crippen LogP contribution in [0.4, 0.5) is 16.5 Å². The lowest BCUT2D eigenvalue weighted by Gasteiger charge is -2.17. The molecule has 0 fully saturated rings. The standard InChI is InChI=1S/C20H18N6O3S/c1-25(9-10-27)14-6-4-13(5-7-14)23-24-20-26(2)17-18(30-20)22-15-8-3-12(19(28)29)11-16(15)21-17/h3-8,11,27H,9-10H2,1-2H3/p+1. The maximum atomic E-state index is 11.2. The summed E-state index contributed by atoms with van der Waals surface area (Å²) in [5, 5.41) is 27.5. The van der Waals surface area contributed by atoms with Crippen molar-refractivity contribution in [2.24, 2.45) is 17.3 Å². The lowest BCUT2D eigenvalue weighted by atomic mass is 10.2. The zero-order valence-electron chi connectivity index (χ0n) is 16.3. The normalized spacial score (nSPS) is 11.6. The quantitative estimate of drug-likeness (QED) is 0.363. The van der Waals surface area contributed by atoms with E-state index in [0.29, 0.717) is 38.9 Å². The molecule has 152 valence electrons. The van der Waals surface area contributed by atoms with Crippen molar-refractivity contribution in [2.45, 2.75) is 0 Å². The number of aliphatic hydroxyl groups is 1. The van der Waals surface area contributed by atoms with Crippen LogP contribution >= 0.6 is 11.3 Å². The average molecular weight is 423 g/mol. The van der Waals surface area contributed by atoms with Gasteiger partial charge in [-0.3, -0.25) is 0 Å². The zero-order chi connectivity index (χ0) is 21.3. The number of nitrogens with zero attached hydrogens (tertiary/aromatic N) is 6. The summed E-state index contributed by atoms with van der Waals surface area (Å²) in [6, 6.07) is 12.2. The van der Waals surface area contributed by atoms with Crippen LogP contribution in [-0.2, 0) is 7.05 Å². The third kappa shape index (κ3) is 3.82. The minimum Gasteiger partial charge on any atom is -0.478 e. The van der Waals surface area contributed by atoms with Gasteiger partial charge in [-0.15, -0.1) is 0 Å². The molecule has 0 saturated heterocycles. The Kier molecular flexibility index (Phi) is 5.34. The number of benzene rings is 2. The third-order valence-electron chi connectivity index (χ3n) is 4.63. The number of carboxylic acid groups (broad SMARTS) is 1. The molecule has 0 saturated carbocycles. The molecule has 0 bridgehead atoms. The van der Waals surface area contributed by atoms with E-state index >= 15 is 0 Å². The summed E-state index contributed by atoms with van der Waals surface area (Å²) < 4.78 is 1.78. The molecule has 0 aliphatic rings. The minimum atomic E-state index is -1.00. The SMILES string of the molecule is CN(CCO)c1ccc(N=Nc2sc3nc4ccc(C(=O)O)cc4nc3[n+]2C)cc1. The van der Waals surface area contributed by atoms with Crippen molar-refractivity contribution in [3.8, 4) is 0 Å². The number of carboxylic acids is 1. The number of anilines is 1. The Balaban J connectivity index is 1.64. The molecule has 2 N–H and O–H groups in total. The minimum absolute atomic E-state index is 0.0924. The van der Waals surface area contributed by atoms with Gasteiger partial charge in [-0.1, -0.05) is 10.1 Å². The van der Waals surface area contributed by atoms with Crippen molar-refractivity contribution in [3.63, 3.8) is 0 Å². The van der Waals surface area contributed by atoms with Crippen LogP contribution in [0, 0.1) is 0 Å². The van der Waals surface area contributed by atoms with Gasteiger partial charge < -0.3 is 15.1 Å². The number of aromatic nitrogens is 3. The van der Waals surface area contributed by atoms with E-state index in [1.807, 2.05) is 43.3 Å². The van der Waals surface area contributed by atoms with Crippen molar-refractivity contribution < 1.29 is 19.6 Å². The highest BCUT2D eigenvalue weighted by atomic mass is 32.1. The number of fused-ring (bicyclic) bond motifs is 2. The Morgan fingerprint density at radius 1 is 1.13 bits per heavy atom. The summed E-state index contributed by atoms with van der Waals surface area (Å²) >= 11 is 1.36. The van der Waals surface area contributed by atoms with Crippen LogP contribution in [0.1, 0.15) is 10.4 Å². The van der Waals surface area contributed by atoms with Crippen molar-refractivity contribution in [2.75, 3.05) is 25.1 Å². The lowest BCUT2D eigenvalue weighted by molar-refractivity contribution is -0.629. The number of hydrogen-bond acceptors (Lipinski definition) is 8. The molecular weight excluding hydrogens is 404 g/mol. The van der Waals surface area contributed by atoms with E-state index < -0.39 is 5.97 Å². The van der Waals surface area contributed by atoms with Gasteiger partial charge in [0.05, 0.1) is 19.2 Å². The van der Waals surface area contributed by atoms with Gasteiger partial charge in [-0.2, -0.15) is 0 Å². The molecule has 0 aliphatic heterocycles.